The number of piperidine rings is 1. The van der Waals surface area contributed by atoms with Crippen molar-refractivity contribution >= 4 is 0 Å². The Hall–Kier alpha value is -1.80. The summed E-state index contributed by atoms with van der Waals surface area (Å²) in [7, 11) is 0. The van der Waals surface area contributed by atoms with E-state index in [0.717, 1.165) is 12.0 Å². The smallest absolute Gasteiger partial charge is 0.115 e. The summed E-state index contributed by atoms with van der Waals surface area (Å²) >= 11 is 0. The number of rotatable bonds is 0. The van der Waals surface area contributed by atoms with Gasteiger partial charge in [-0.25, -0.2) is 0 Å². The van der Waals surface area contributed by atoms with E-state index in [1.807, 2.05) is 6.07 Å². The molecule has 2 heteroatoms. The molecule has 0 unspecified atom stereocenters. The third kappa shape index (κ3) is 2.73. The minimum atomic E-state index is 0.322. The molecule has 3 aliphatic rings. The summed E-state index contributed by atoms with van der Waals surface area (Å²) < 4.78 is 0. The summed E-state index contributed by atoms with van der Waals surface area (Å²) in [6.07, 6.45) is 8.41. The maximum Gasteiger partial charge on any atom is 0.115 e. The average molecular weight is 321 g/mol. The van der Waals surface area contributed by atoms with Gasteiger partial charge in [-0.1, -0.05) is 55.3 Å². The van der Waals surface area contributed by atoms with Crippen molar-refractivity contribution in [2.24, 2.45) is 5.92 Å². The van der Waals surface area contributed by atoms with Gasteiger partial charge in [-0.15, -0.1) is 0 Å². The molecular formula is C22H27NO. The first-order valence-corrected chi connectivity index (χ1v) is 9.35. The largest absolute Gasteiger partial charge is 0.508 e. The predicted octanol–water partition coefficient (Wildman–Crippen LogP) is 4.42. The number of hydrogen-bond acceptors (Lipinski definition) is 2. The molecule has 1 heterocycles. The van der Waals surface area contributed by atoms with Gasteiger partial charge in [-0.3, -0.25) is 0 Å². The lowest BCUT2D eigenvalue weighted by atomic mass is 9.53. The molecule has 1 saturated heterocycles. The Morgan fingerprint density at radius 3 is 2.50 bits per heavy atom. The van der Waals surface area contributed by atoms with Gasteiger partial charge in [0.05, 0.1) is 0 Å². The molecule has 2 aromatic rings. The SMILES string of the molecule is Oc1ccccc1.c1ccc2c(c1)C[C@H]1NCC[C@@]23CCCC[C@@H]13. The minimum Gasteiger partial charge on any atom is -0.508 e. The highest BCUT2D eigenvalue weighted by Gasteiger charge is 2.51. The van der Waals surface area contributed by atoms with E-state index in [-0.39, 0.29) is 0 Å². The van der Waals surface area contributed by atoms with Crippen LogP contribution in [-0.4, -0.2) is 17.7 Å². The lowest BCUT2D eigenvalue weighted by Crippen LogP contribution is -2.59. The highest BCUT2D eigenvalue weighted by atomic mass is 16.3. The second-order valence-corrected chi connectivity index (χ2v) is 7.52. The molecule has 2 aromatic carbocycles. The van der Waals surface area contributed by atoms with Crippen molar-refractivity contribution in [3.63, 3.8) is 0 Å². The Kier molecular flexibility index (Phi) is 4.32. The van der Waals surface area contributed by atoms with Gasteiger partial charge in [-0.2, -0.15) is 0 Å². The van der Waals surface area contributed by atoms with E-state index in [1.54, 1.807) is 35.4 Å². The van der Waals surface area contributed by atoms with Gasteiger partial charge in [0.15, 0.2) is 0 Å². The van der Waals surface area contributed by atoms with Crippen LogP contribution in [0.1, 0.15) is 43.2 Å². The number of benzene rings is 2. The van der Waals surface area contributed by atoms with E-state index in [2.05, 4.69) is 29.6 Å². The fourth-order valence-corrected chi connectivity index (χ4v) is 5.32. The highest BCUT2D eigenvalue weighted by molar-refractivity contribution is 5.41. The Balaban J connectivity index is 0.000000177. The quantitative estimate of drug-likeness (QED) is 0.752. The molecule has 2 fully saturated rings. The lowest BCUT2D eigenvalue weighted by molar-refractivity contribution is 0.0798. The van der Waals surface area contributed by atoms with Crippen molar-refractivity contribution in [3.8, 4) is 5.75 Å². The van der Waals surface area contributed by atoms with Crippen LogP contribution in [0.5, 0.6) is 5.75 Å². The minimum absolute atomic E-state index is 0.322. The van der Waals surface area contributed by atoms with Gasteiger partial charge in [0.25, 0.3) is 0 Å². The molecular weight excluding hydrogens is 294 g/mol. The van der Waals surface area contributed by atoms with E-state index in [0.29, 0.717) is 11.2 Å². The van der Waals surface area contributed by atoms with Crippen LogP contribution in [0.4, 0.5) is 0 Å². The van der Waals surface area contributed by atoms with Crippen LogP contribution >= 0.6 is 0 Å². The molecule has 126 valence electrons. The Labute approximate surface area is 144 Å². The van der Waals surface area contributed by atoms with Crippen LogP contribution in [0.15, 0.2) is 54.6 Å². The normalized spacial score (nSPS) is 30.3. The molecule has 2 N–H and O–H groups in total. The Bertz CT molecular complexity index is 679. The zero-order valence-corrected chi connectivity index (χ0v) is 14.2. The van der Waals surface area contributed by atoms with Crippen LogP contribution in [0.2, 0.25) is 0 Å². The van der Waals surface area contributed by atoms with Crippen molar-refractivity contribution in [1.29, 1.82) is 0 Å². The number of para-hydroxylation sites is 1. The lowest BCUT2D eigenvalue weighted by Gasteiger charge is -2.56. The van der Waals surface area contributed by atoms with Crippen molar-refractivity contribution < 1.29 is 5.11 Å². The van der Waals surface area contributed by atoms with Crippen molar-refractivity contribution in [2.45, 2.75) is 50.0 Å². The predicted molar refractivity (Wildman–Crippen MR) is 98.3 cm³/mol. The summed E-state index contributed by atoms with van der Waals surface area (Å²) in [6.45, 7) is 1.23. The second-order valence-electron chi connectivity index (χ2n) is 7.52. The molecule has 0 radical (unpaired) electrons. The summed E-state index contributed by atoms with van der Waals surface area (Å²) in [5.41, 5.74) is 3.88. The van der Waals surface area contributed by atoms with Crippen molar-refractivity contribution in [3.05, 3.63) is 65.7 Å². The van der Waals surface area contributed by atoms with Crippen LogP contribution in [0, 0.1) is 5.92 Å². The molecule has 2 nitrogen and oxygen atoms in total. The molecule has 2 bridgehead atoms. The van der Waals surface area contributed by atoms with Gasteiger partial charge in [0.1, 0.15) is 5.75 Å². The van der Waals surface area contributed by atoms with Crippen molar-refractivity contribution in [1.82, 2.24) is 5.32 Å². The van der Waals surface area contributed by atoms with Gasteiger partial charge < -0.3 is 10.4 Å². The standard InChI is InChI=1S/C16H21N.C6H6O/c1-2-6-13-12(5-1)11-15-14-7-3-4-8-16(13,14)9-10-17-15;7-6-4-2-1-3-5-6/h1-2,5-6,14-15,17H,3-4,7-11H2;1-5,7H/t14-,15+,16-;/m0./s1. The maximum atomic E-state index is 8.63. The molecule has 0 amide bonds. The monoisotopic (exact) mass is 321 g/mol. The maximum absolute atomic E-state index is 8.63. The first kappa shape index (κ1) is 15.7. The van der Waals surface area contributed by atoms with E-state index in [9.17, 15) is 0 Å². The van der Waals surface area contributed by atoms with Crippen LogP contribution in [0.25, 0.3) is 0 Å². The number of hydrogen-bond donors (Lipinski definition) is 2. The number of phenols is 1. The number of nitrogens with one attached hydrogen (secondary N) is 1. The molecule has 1 saturated carbocycles. The zero-order chi connectivity index (χ0) is 16.4. The van der Waals surface area contributed by atoms with Crippen LogP contribution < -0.4 is 5.32 Å². The summed E-state index contributed by atoms with van der Waals surface area (Å²) in [5, 5.41) is 12.4. The molecule has 0 spiro atoms. The summed E-state index contributed by atoms with van der Waals surface area (Å²) in [4.78, 5) is 0. The molecule has 3 atom stereocenters. The average Bonchev–Trinajstić information content (AvgIpc) is 2.63. The van der Waals surface area contributed by atoms with Crippen LogP contribution in [0.3, 0.4) is 0 Å². The van der Waals surface area contributed by atoms with Gasteiger partial charge in [0, 0.05) is 11.5 Å². The molecule has 1 aliphatic heterocycles. The summed E-state index contributed by atoms with van der Waals surface area (Å²) in [5.74, 6) is 1.24. The van der Waals surface area contributed by atoms with Gasteiger partial charge in [-0.05, 0) is 61.4 Å². The Morgan fingerprint density at radius 2 is 1.71 bits per heavy atom. The number of fused-ring (bicyclic) bond motifs is 1. The fraction of sp³-hybridized carbons (Fsp3) is 0.455. The second kappa shape index (κ2) is 6.60. The first-order valence-electron chi connectivity index (χ1n) is 9.35. The number of phenolic OH excluding ortho intramolecular Hbond substituents is 1. The van der Waals surface area contributed by atoms with E-state index >= 15 is 0 Å². The third-order valence-electron chi connectivity index (χ3n) is 6.31. The zero-order valence-electron chi connectivity index (χ0n) is 14.2. The van der Waals surface area contributed by atoms with E-state index in [4.69, 9.17) is 5.11 Å². The molecule has 5 rings (SSSR count). The summed E-state index contributed by atoms with van der Waals surface area (Å²) in [6, 6.07) is 18.7. The third-order valence-corrected chi connectivity index (χ3v) is 6.31. The topological polar surface area (TPSA) is 32.3 Å². The first-order chi connectivity index (χ1) is 11.8. The van der Waals surface area contributed by atoms with Gasteiger partial charge >= 0.3 is 0 Å². The number of aromatic hydroxyl groups is 1. The van der Waals surface area contributed by atoms with E-state index < -0.39 is 0 Å². The van der Waals surface area contributed by atoms with Crippen LogP contribution in [-0.2, 0) is 11.8 Å². The van der Waals surface area contributed by atoms with Crippen molar-refractivity contribution in [2.75, 3.05) is 6.54 Å². The van der Waals surface area contributed by atoms with E-state index in [1.165, 1.54) is 45.1 Å². The molecule has 2 aliphatic carbocycles. The highest BCUT2D eigenvalue weighted by Crippen LogP contribution is 2.53. The van der Waals surface area contributed by atoms with Gasteiger partial charge in [0.2, 0.25) is 0 Å². The Morgan fingerprint density at radius 1 is 0.917 bits per heavy atom. The molecule has 0 aromatic heterocycles. The molecule has 24 heavy (non-hydrogen) atoms. The fourth-order valence-electron chi connectivity index (χ4n) is 5.32.